The fraction of sp³-hybridized carbons (Fsp3) is 0.333. The topological polar surface area (TPSA) is 64.9 Å². The van der Waals surface area contributed by atoms with Gasteiger partial charge in [-0.15, -0.1) is 11.8 Å². The fourth-order valence-electron chi connectivity index (χ4n) is 1.39. The first-order valence-corrected chi connectivity index (χ1v) is 6.59. The highest BCUT2D eigenvalue weighted by atomic mass is 32.2. The van der Waals surface area contributed by atoms with Crippen LogP contribution < -0.4 is 5.73 Å². The Balaban J connectivity index is 2.18. The number of unbranched alkanes of at least 4 members (excludes halogenated alkanes) is 1. The van der Waals surface area contributed by atoms with Crippen molar-refractivity contribution >= 4 is 17.7 Å². The highest BCUT2D eigenvalue weighted by molar-refractivity contribution is 7.99. The van der Waals surface area contributed by atoms with Crippen molar-refractivity contribution < 1.29 is 4.42 Å². The Morgan fingerprint density at radius 1 is 1.41 bits per heavy atom. The van der Waals surface area contributed by atoms with E-state index in [4.69, 9.17) is 10.2 Å². The van der Waals surface area contributed by atoms with Crippen molar-refractivity contribution in [1.82, 2.24) is 9.97 Å². The number of rotatable bonds is 5. The lowest BCUT2D eigenvalue weighted by Crippen LogP contribution is -1.97. The third-order valence-corrected chi connectivity index (χ3v) is 3.24. The number of furan rings is 1. The van der Waals surface area contributed by atoms with Crippen LogP contribution in [0.5, 0.6) is 0 Å². The predicted molar refractivity (Wildman–Crippen MR) is 69.8 cm³/mol. The van der Waals surface area contributed by atoms with Crippen molar-refractivity contribution in [2.75, 3.05) is 11.5 Å². The molecule has 0 saturated heterocycles. The molecule has 5 heteroatoms. The quantitative estimate of drug-likeness (QED) is 0.500. The number of hydrogen-bond donors (Lipinski definition) is 1. The molecule has 0 spiro atoms. The van der Waals surface area contributed by atoms with Gasteiger partial charge in [-0.1, -0.05) is 13.3 Å². The molecule has 0 radical (unpaired) electrons. The average molecular weight is 249 g/mol. The summed E-state index contributed by atoms with van der Waals surface area (Å²) >= 11 is 1.70. The van der Waals surface area contributed by atoms with Gasteiger partial charge < -0.3 is 10.2 Å². The first-order chi connectivity index (χ1) is 8.29. The molecule has 17 heavy (non-hydrogen) atoms. The number of hydrogen-bond acceptors (Lipinski definition) is 5. The smallest absolute Gasteiger partial charge is 0.221 e. The molecule has 90 valence electrons. The van der Waals surface area contributed by atoms with Gasteiger partial charge in [-0.25, -0.2) is 9.97 Å². The average Bonchev–Trinajstić information content (AvgIpc) is 2.82. The Kier molecular flexibility index (Phi) is 4.03. The fourth-order valence-corrected chi connectivity index (χ4v) is 2.38. The van der Waals surface area contributed by atoms with Crippen molar-refractivity contribution in [2.24, 2.45) is 0 Å². The number of nitrogens with two attached hydrogens (primary N) is 1. The van der Waals surface area contributed by atoms with Gasteiger partial charge in [0.1, 0.15) is 10.7 Å². The highest BCUT2D eigenvalue weighted by Gasteiger charge is 2.07. The number of nitrogen functional groups attached to an aromatic ring is 1. The van der Waals surface area contributed by atoms with E-state index in [2.05, 4.69) is 16.9 Å². The maximum atomic E-state index is 5.69. The zero-order valence-corrected chi connectivity index (χ0v) is 10.5. The highest BCUT2D eigenvalue weighted by Crippen LogP contribution is 2.24. The van der Waals surface area contributed by atoms with Crippen LogP contribution in [0.25, 0.3) is 11.5 Å². The van der Waals surface area contributed by atoms with E-state index in [0.29, 0.717) is 0 Å². The van der Waals surface area contributed by atoms with E-state index in [1.54, 1.807) is 18.0 Å². The molecule has 0 fully saturated rings. The van der Waals surface area contributed by atoms with Crippen LogP contribution in [0.15, 0.2) is 33.9 Å². The third kappa shape index (κ3) is 3.23. The van der Waals surface area contributed by atoms with Gasteiger partial charge in [-0.2, -0.15) is 0 Å². The minimum Gasteiger partial charge on any atom is -0.463 e. The lowest BCUT2D eigenvalue weighted by Gasteiger charge is -2.03. The molecule has 4 nitrogen and oxygen atoms in total. The molecule has 2 heterocycles. The van der Waals surface area contributed by atoms with E-state index < -0.39 is 0 Å². The molecule has 0 saturated carbocycles. The van der Waals surface area contributed by atoms with Crippen LogP contribution in [0.2, 0.25) is 0 Å². The van der Waals surface area contributed by atoms with Gasteiger partial charge in [-0.3, -0.25) is 0 Å². The van der Waals surface area contributed by atoms with Crippen LogP contribution in [0.3, 0.4) is 0 Å². The Hall–Kier alpha value is -1.49. The summed E-state index contributed by atoms with van der Waals surface area (Å²) in [4.78, 5) is 8.37. The first kappa shape index (κ1) is 12.0. The van der Waals surface area contributed by atoms with E-state index in [-0.39, 0.29) is 5.95 Å². The predicted octanol–water partition coefficient (Wildman–Crippen LogP) is 3.21. The number of nitrogens with zero attached hydrogens (tertiary/aromatic N) is 2. The summed E-state index contributed by atoms with van der Waals surface area (Å²) in [6.07, 6.45) is 3.97. The maximum Gasteiger partial charge on any atom is 0.221 e. The second-order valence-electron chi connectivity index (χ2n) is 3.63. The maximum absolute atomic E-state index is 5.69. The van der Waals surface area contributed by atoms with Crippen LogP contribution in [0.4, 0.5) is 5.95 Å². The van der Waals surface area contributed by atoms with E-state index in [1.807, 2.05) is 18.2 Å². The summed E-state index contributed by atoms with van der Waals surface area (Å²) < 4.78 is 5.30. The Morgan fingerprint density at radius 3 is 3.00 bits per heavy atom. The lowest BCUT2D eigenvalue weighted by molar-refractivity contribution is 0.579. The molecule has 0 aliphatic carbocycles. The van der Waals surface area contributed by atoms with Gasteiger partial charge in [0.05, 0.1) is 6.26 Å². The van der Waals surface area contributed by atoms with Crippen molar-refractivity contribution in [3.8, 4) is 11.5 Å². The summed E-state index contributed by atoms with van der Waals surface area (Å²) in [5.74, 6) is 2.05. The van der Waals surface area contributed by atoms with Gasteiger partial charge in [0.2, 0.25) is 5.95 Å². The molecule has 0 aliphatic heterocycles. The van der Waals surface area contributed by atoms with Crippen molar-refractivity contribution in [2.45, 2.75) is 24.8 Å². The SMILES string of the molecule is CCCCSc1cc(-c2ccco2)nc(N)n1. The molecule has 0 unspecified atom stereocenters. The largest absolute Gasteiger partial charge is 0.463 e. The van der Waals surface area contributed by atoms with Crippen molar-refractivity contribution in [3.05, 3.63) is 24.5 Å². The Morgan fingerprint density at radius 2 is 2.29 bits per heavy atom. The zero-order valence-electron chi connectivity index (χ0n) is 9.72. The van der Waals surface area contributed by atoms with Gasteiger partial charge in [-0.05, 0) is 24.3 Å². The second-order valence-corrected chi connectivity index (χ2v) is 4.74. The number of thioether (sulfide) groups is 1. The zero-order chi connectivity index (χ0) is 12.1. The van der Waals surface area contributed by atoms with E-state index in [1.165, 1.54) is 12.8 Å². The minimum absolute atomic E-state index is 0.290. The Labute approximate surface area is 105 Å². The van der Waals surface area contributed by atoms with E-state index in [0.717, 1.165) is 22.2 Å². The number of aromatic nitrogens is 2. The third-order valence-electron chi connectivity index (χ3n) is 2.24. The van der Waals surface area contributed by atoms with E-state index in [9.17, 15) is 0 Å². The molecular formula is C12H15N3OS. The van der Waals surface area contributed by atoms with E-state index >= 15 is 0 Å². The van der Waals surface area contributed by atoms with Gasteiger partial charge >= 0.3 is 0 Å². The van der Waals surface area contributed by atoms with Crippen LogP contribution >= 0.6 is 11.8 Å². The van der Waals surface area contributed by atoms with Crippen LogP contribution in [0.1, 0.15) is 19.8 Å². The van der Waals surface area contributed by atoms with Crippen LogP contribution in [-0.4, -0.2) is 15.7 Å². The monoisotopic (exact) mass is 249 g/mol. The van der Waals surface area contributed by atoms with Gasteiger partial charge in [0.25, 0.3) is 0 Å². The molecule has 0 aromatic carbocycles. The van der Waals surface area contributed by atoms with Crippen LogP contribution in [0, 0.1) is 0 Å². The molecule has 2 N–H and O–H groups in total. The van der Waals surface area contributed by atoms with Crippen LogP contribution in [-0.2, 0) is 0 Å². The summed E-state index contributed by atoms with van der Waals surface area (Å²) in [5.41, 5.74) is 6.43. The van der Waals surface area contributed by atoms with Gasteiger partial charge in [0, 0.05) is 6.07 Å². The molecular weight excluding hydrogens is 234 g/mol. The molecule has 0 amide bonds. The number of anilines is 1. The molecule has 0 bridgehead atoms. The molecule has 2 aromatic heterocycles. The normalized spacial score (nSPS) is 10.6. The van der Waals surface area contributed by atoms with Gasteiger partial charge in [0.15, 0.2) is 5.76 Å². The van der Waals surface area contributed by atoms with Crippen molar-refractivity contribution in [1.29, 1.82) is 0 Å². The summed E-state index contributed by atoms with van der Waals surface area (Å²) in [6.45, 7) is 2.17. The molecule has 2 rings (SSSR count). The standard InChI is InChI=1S/C12H15N3OS/c1-2-3-7-17-11-8-9(14-12(13)15-11)10-5-4-6-16-10/h4-6,8H,2-3,7H2,1H3,(H2,13,14,15). The first-order valence-electron chi connectivity index (χ1n) is 5.61. The second kappa shape index (κ2) is 5.72. The minimum atomic E-state index is 0.290. The summed E-state index contributed by atoms with van der Waals surface area (Å²) in [5, 5.41) is 0.900. The molecule has 0 atom stereocenters. The lowest BCUT2D eigenvalue weighted by atomic mass is 10.3. The summed E-state index contributed by atoms with van der Waals surface area (Å²) in [6, 6.07) is 5.61. The molecule has 2 aromatic rings. The molecule has 0 aliphatic rings. The summed E-state index contributed by atoms with van der Waals surface area (Å²) in [7, 11) is 0. The van der Waals surface area contributed by atoms with Crippen molar-refractivity contribution in [3.63, 3.8) is 0 Å². The Bertz CT molecular complexity index is 471.